The van der Waals surface area contributed by atoms with Gasteiger partial charge in [-0.2, -0.15) is 0 Å². The third-order valence-corrected chi connectivity index (χ3v) is 4.22. The normalized spacial score (nSPS) is 11.6. The fourth-order valence-electron chi connectivity index (χ4n) is 1.66. The molecule has 0 aliphatic carbocycles. The summed E-state index contributed by atoms with van der Waals surface area (Å²) < 4.78 is 27.9. The Hall–Kier alpha value is -2.13. The summed E-state index contributed by atoms with van der Waals surface area (Å²) in [6.07, 6.45) is 0.949. The standard InChI is InChI=1S/C15H19ClN2O6S/c1-15(2,3)18-14(21)17-12(19)8-24-13(20)9-5-6-10(16)11(7-9)25(4,22)23/h5-7H,8H2,1-4H3,(H2,17,18,19,21). The molecular weight excluding hydrogens is 372 g/mol. The number of hydrogen-bond donors (Lipinski definition) is 2. The number of ether oxygens (including phenoxy) is 1. The monoisotopic (exact) mass is 390 g/mol. The first kappa shape index (κ1) is 20.9. The van der Waals surface area contributed by atoms with E-state index in [1.54, 1.807) is 20.8 Å². The van der Waals surface area contributed by atoms with E-state index in [4.69, 9.17) is 16.3 Å². The smallest absolute Gasteiger partial charge is 0.338 e. The molecule has 138 valence electrons. The highest BCUT2D eigenvalue weighted by Gasteiger charge is 2.19. The second-order valence-corrected chi connectivity index (χ2v) is 8.64. The van der Waals surface area contributed by atoms with Gasteiger partial charge in [0, 0.05) is 11.8 Å². The van der Waals surface area contributed by atoms with Crippen molar-refractivity contribution in [3.05, 3.63) is 28.8 Å². The van der Waals surface area contributed by atoms with E-state index < -0.39 is 39.9 Å². The second-order valence-electron chi connectivity index (χ2n) is 6.25. The summed E-state index contributed by atoms with van der Waals surface area (Å²) >= 11 is 5.78. The number of benzene rings is 1. The van der Waals surface area contributed by atoms with Crippen LogP contribution >= 0.6 is 11.6 Å². The zero-order chi connectivity index (χ0) is 19.4. The molecule has 2 N–H and O–H groups in total. The molecule has 0 spiro atoms. The molecule has 0 radical (unpaired) electrons. The number of esters is 1. The van der Waals surface area contributed by atoms with Gasteiger partial charge in [0.2, 0.25) is 0 Å². The Labute approximate surface area is 150 Å². The molecule has 1 aromatic rings. The summed E-state index contributed by atoms with van der Waals surface area (Å²) in [6, 6.07) is 2.85. The summed E-state index contributed by atoms with van der Waals surface area (Å²) in [5.74, 6) is -1.75. The predicted molar refractivity (Wildman–Crippen MR) is 91.3 cm³/mol. The zero-order valence-electron chi connectivity index (χ0n) is 14.2. The van der Waals surface area contributed by atoms with Gasteiger partial charge in [0.1, 0.15) is 0 Å². The molecule has 1 aromatic carbocycles. The Morgan fingerprint density at radius 2 is 1.80 bits per heavy atom. The van der Waals surface area contributed by atoms with E-state index in [9.17, 15) is 22.8 Å². The fourth-order valence-corrected chi connectivity index (χ4v) is 2.96. The lowest BCUT2D eigenvalue weighted by atomic mass is 10.1. The molecule has 8 nitrogen and oxygen atoms in total. The molecule has 0 saturated carbocycles. The highest BCUT2D eigenvalue weighted by Crippen LogP contribution is 2.22. The van der Waals surface area contributed by atoms with Crippen LogP contribution in [0.5, 0.6) is 0 Å². The van der Waals surface area contributed by atoms with Crippen LogP contribution in [-0.2, 0) is 19.4 Å². The van der Waals surface area contributed by atoms with Gasteiger partial charge >= 0.3 is 12.0 Å². The molecule has 0 aliphatic heterocycles. The average Bonchev–Trinajstić information content (AvgIpc) is 2.41. The molecular formula is C15H19ClN2O6S. The summed E-state index contributed by atoms with van der Waals surface area (Å²) in [7, 11) is -3.63. The van der Waals surface area contributed by atoms with E-state index in [1.807, 2.05) is 5.32 Å². The predicted octanol–water partition coefficient (Wildman–Crippen LogP) is 1.52. The van der Waals surface area contributed by atoms with Crippen LogP contribution in [0.2, 0.25) is 5.02 Å². The number of carbonyl (C=O) groups excluding carboxylic acids is 3. The summed E-state index contributed by atoms with van der Waals surface area (Å²) in [4.78, 5) is 34.8. The van der Waals surface area contributed by atoms with Gasteiger partial charge in [-0.3, -0.25) is 10.1 Å². The van der Waals surface area contributed by atoms with Crippen LogP contribution in [-0.4, -0.2) is 44.7 Å². The third-order valence-electron chi connectivity index (χ3n) is 2.64. The molecule has 0 aromatic heterocycles. The number of carbonyl (C=O) groups is 3. The highest BCUT2D eigenvalue weighted by atomic mass is 35.5. The van der Waals surface area contributed by atoms with Gasteiger partial charge in [-0.05, 0) is 39.0 Å². The maximum absolute atomic E-state index is 11.9. The topological polar surface area (TPSA) is 119 Å². The number of halogens is 1. The largest absolute Gasteiger partial charge is 0.452 e. The summed E-state index contributed by atoms with van der Waals surface area (Å²) in [5.41, 5.74) is -0.622. The maximum atomic E-state index is 11.9. The minimum absolute atomic E-state index is 0.0318. The Kier molecular flexibility index (Phi) is 6.55. The minimum atomic E-state index is -3.63. The van der Waals surface area contributed by atoms with Crippen molar-refractivity contribution in [3.8, 4) is 0 Å². The number of nitrogens with one attached hydrogen (secondary N) is 2. The van der Waals surface area contributed by atoms with Crippen LogP contribution in [0.25, 0.3) is 0 Å². The van der Waals surface area contributed by atoms with Crippen molar-refractivity contribution >= 4 is 39.3 Å². The Bertz CT molecular complexity index is 799. The number of amides is 3. The van der Waals surface area contributed by atoms with E-state index in [2.05, 4.69) is 5.32 Å². The molecule has 3 amide bonds. The first-order valence-electron chi connectivity index (χ1n) is 7.08. The summed E-state index contributed by atoms with van der Waals surface area (Å²) in [6.45, 7) is 4.50. The lowest BCUT2D eigenvalue weighted by Gasteiger charge is -2.20. The van der Waals surface area contributed by atoms with E-state index in [1.165, 1.54) is 12.1 Å². The van der Waals surface area contributed by atoms with Crippen molar-refractivity contribution in [3.63, 3.8) is 0 Å². The lowest BCUT2D eigenvalue weighted by molar-refractivity contribution is -0.123. The molecule has 0 unspecified atom stereocenters. The number of hydrogen-bond acceptors (Lipinski definition) is 6. The number of sulfone groups is 1. The quantitative estimate of drug-likeness (QED) is 0.752. The summed E-state index contributed by atoms with van der Waals surface area (Å²) in [5, 5.41) is 4.48. The van der Waals surface area contributed by atoms with Crippen molar-refractivity contribution in [2.24, 2.45) is 0 Å². The van der Waals surface area contributed by atoms with E-state index in [-0.39, 0.29) is 15.5 Å². The van der Waals surface area contributed by atoms with Gasteiger partial charge in [-0.15, -0.1) is 0 Å². The van der Waals surface area contributed by atoms with Crippen molar-refractivity contribution in [2.75, 3.05) is 12.9 Å². The van der Waals surface area contributed by atoms with Crippen molar-refractivity contribution in [2.45, 2.75) is 31.2 Å². The van der Waals surface area contributed by atoms with Crippen LogP contribution in [0.15, 0.2) is 23.1 Å². The SMILES string of the molecule is CC(C)(C)NC(=O)NC(=O)COC(=O)c1ccc(Cl)c(S(C)(=O)=O)c1. The molecule has 0 aliphatic rings. The Morgan fingerprint density at radius 1 is 1.20 bits per heavy atom. The zero-order valence-corrected chi connectivity index (χ0v) is 15.7. The molecule has 0 heterocycles. The molecule has 0 bridgehead atoms. The maximum Gasteiger partial charge on any atom is 0.338 e. The molecule has 0 atom stereocenters. The third kappa shape index (κ3) is 7.10. The van der Waals surface area contributed by atoms with Crippen LogP contribution in [0.4, 0.5) is 4.79 Å². The van der Waals surface area contributed by atoms with Crippen LogP contribution in [0.1, 0.15) is 31.1 Å². The van der Waals surface area contributed by atoms with E-state index >= 15 is 0 Å². The second kappa shape index (κ2) is 7.83. The fraction of sp³-hybridized carbons (Fsp3) is 0.400. The number of imide groups is 1. The van der Waals surface area contributed by atoms with Gasteiger partial charge in [0.05, 0.1) is 15.5 Å². The first-order valence-corrected chi connectivity index (χ1v) is 9.35. The van der Waals surface area contributed by atoms with Gasteiger partial charge in [-0.25, -0.2) is 18.0 Å². The first-order chi connectivity index (χ1) is 11.3. The van der Waals surface area contributed by atoms with Gasteiger partial charge in [0.15, 0.2) is 16.4 Å². The van der Waals surface area contributed by atoms with Crippen molar-refractivity contribution in [1.29, 1.82) is 0 Å². The van der Waals surface area contributed by atoms with E-state index in [0.29, 0.717) is 0 Å². The minimum Gasteiger partial charge on any atom is -0.452 e. The lowest BCUT2D eigenvalue weighted by Crippen LogP contribution is -2.49. The molecule has 25 heavy (non-hydrogen) atoms. The number of urea groups is 1. The van der Waals surface area contributed by atoms with Crippen LogP contribution < -0.4 is 10.6 Å². The van der Waals surface area contributed by atoms with Crippen molar-refractivity contribution < 1.29 is 27.5 Å². The molecule has 1 rings (SSSR count). The Morgan fingerprint density at radius 3 is 2.32 bits per heavy atom. The van der Waals surface area contributed by atoms with Crippen molar-refractivity contribution in [1.82, 2.24) is 10.6 Å². The highest BCUT2D eigenvalue weighted by molar-refractivity contribution is 7.90. The van der Waals surface area contributed by atoms with Gasteiger partial charge < -0.3 is 10.1 Å². The molecule has 10 heteroatoms. The molecule has 0 saturated heterocycles. The van der Waals surface area contributed by atoms with Crippen LogP contribution in [0, 0.1) is 0 Å². The van der Waals surface area contributed by atoms with E-state index in [0.717, 1.165) is 12.3 Å². The Balaban J connectivity index is 2.69. The van der Waals surface area contributed by atoms with Gasteiger partial charge in [0.25, 0.3) is 5.91 Å². The molecule has 0 fully saturated rings. The van der Waals surface area contributed by atoms with Crippen LogP contribution in [0.3, 0.4) is 0 Å². The van der Waals surface area contributed by atoms with Gasteiger partial charge in [-0.1, -0.05) is 11.6 Å². The average molecular weight is 391 g/mol. The number of rotatable bonds is 4.